The number of hydrogen-bond donors (Lipinski definition) is 1. The van der Waals surface area contributed by atoms with Crippen LogP contribution in [-0.4, -0.2) is 18.2 Å². The fourth-order valence-electron chi connectivity index (χ4n) is 2.78. The van der Waals surface area contributed by atoms with Crippen LogP contribution in [0.25, 0.3) is 0 Å². The van der Waals surface area contributed by atoms with Crippen molar-refractivity contribution in [2.24, 2.45) is 0 Å². The highest BCUT2D eigenvalue weighted by Crippen LogP contribution is 2.29. The Hall–Kier alpha value is -1.82. The van der Waals surface area contributed by atoms with Crippen LogP contribution in [0.4, 0.5) is 5.69 Å². The summed E-state index contributed by atoms with van der Waals surface area (Å²) in [6, 6.07) is 8.51. The van der Waals surface area contributed by atoms with Gasteiger partial charge in [-0.3, -0.25) is 4.68 Å². The quantitative estimate of drug-likeness (QED) is 0.881. The molecule has 21 heavy (non-hydrogen) atoms. The van der Waals surface area contributed by atoms with Crippen LogP contribution in [0.3, 0.4) is 0 Å². The van der Waals surface area contributed by atoms with E-state index in [9.17, 15) is 8.42 Å². The molecule has 1 aliphatic rings. The lowest BCUT2D eigenvalue weighted by Gasteiger charge is -2.09. The summed E-state index contributed by atoms with van der Waals surface area (Å²) in [5.74, 6) is -0.0728. The summed E-state index contributed by atoms with van der Waals surface area (Å²) in [4.78, 5) is 0.284. The average Bonchev–Trinajstić information content (AvgIpc) is 3.09. The molecule has 3 rings (SSSR count). The molecule has 5 nitrogen and oxygen atoms in total. The summed E-state index contributed by atoms with van der Waals surface area (Å²) in [7, 11) is -3.37. The van der Waals surface area contributed by atoms with Gasteiger partial charge in [-0.25, -0.2) is 8.42 Å². The monoisotopic (exact) mass is 305 g/mol. The predicted octanol–water partition coefficient (Wildman–Crippen LogP) is 2.55. The average molecular weight is 305 g/mol. The Morgan fingerprint density at radius 2 is 1.81 bits per heavy atom. The molecule has 1 fully saturated rings. The summed E-state index contributed by atoms with van der Waals surface area (Å²) in [6.07, 6.45) is 6.61. The molecule has 0 aliphatic heterocycles. The molecule has 0 bridgehead atoms. The fraction of sp³-hybridized carbons (Fsp3) is 0.400. The lowest BCUT2D eigenvalue weighted by atomic mass is 10.3. The minimum absolute atomic E-state index is 0.0728. The van der Waals surface area contributed by atoms with Crippen molar-refractivity contribution in [2.45, 2.75) is 42.4 Å². The highest BCUT2D eigenvalue weighted by molar-refractivity contribution is 7.90. The molecule has 2 N–H and O–H groups in total. The molecule has 0 spiro atoms. The largest absolute Gasteiger partial charge is 0.399 e. The van der Waals surface area contributed by atoms with Gasteiger partial charge in [0.25, 0.3) is 0 Å². The number of nitrogens with two attached hydrogens (primary N) is 1. The van der Waals surface area contributed by atoms with E-state index in [4.69, 9.17) is 5.73 Å². The molecule has 1 heterocycles. The summed E-state index contributed by atoms with van der Waals surface area (Å²) in [6.45, 7) is 0. The molecule has 0 saturated heterocycles. The topological polar surface area (TPSA) is 78.0 Å². The van der Waals surface area contributed by atoms with Crippen molar-refractivity contribution in [3.63, 3.8) is 0 Å². The van der Waals surface area contributed by atoms with E-state index in [1.165, 1.54) is 12.8 Å². The van der Waals surface area contributed by atoms with Gasteiger partial charge in [0.05, 0.1) is 22.4 Å². The van der Waals surface area contributed by atoms with Crippen molar-refractivity contribution in [3.8, 4) is 0 Å². The Morgan fingerprint density at radius 1 is 1.14 bits per heavy atom. The number of nitrogens with zero attached hydrogens (tertiary/aromatic N) is 2. The molecular weight excluding hydrogens is 286 g/mol. The summed E-state index contributed by atoms with van der Waals surface area (Å²) >= 11 is 0. The van der Waals surface area contributed by atoms with Crippen LogP contribution in [0.5, 0.6) is 0 Å². The van der Waals surface area contributed by atoms with Gasteiger partial charge in [0, 0.05) is 11.9 Å². The van der Waals surface area contributed by atoms with Gasteiger partial charge in [-0.05, 0) is 43.2 Å². The maximum Gasteiger partial charge on any atom is 0.184 e. The zero-order valence-corrected chi connectivity index (χ0v) is 12.6. The standard InChI is InChI=1S/C15H19N3O2S/c16-12-5-7-15(8-6-12)21(19,20)11-13-9-10-18(17-13)14-3-1-2-4-14/h5-10,14H,1-4,11,16H2. The van der Waals surface area contributed by atoms with E-state index in [2.05, 4.69) is 5.10 Å². The van der Waals surface area contributed by atoms with E-state index in [-0.39, 0.29) is 10.6 Å². The molecule has 112 valence electrons. The van der Waals surface area contributed by atoms with Crippen molar-refractivity contribution in [2.75, 3.05) is 5.73 Å². The Labute approximate surface area is 124 Å². The second-order valence-corrected chi connectivity index (χ2v) is 7.54. The van der Waals surface area contributed by atoms with Crippen LogP contribution >= 0.6 is 0 Å². The molecular formula is C15H19N3O2S. The van der Waals surface area contributed by atoms with Gasteiger partial charge in [0.15, 0.2) is 9.84 Å². The van der Waals surface area contributed by atoms with Gasteiger partial charge in [-0.1, -0.05) is 12.8 Å². The van der Waals surface area contributed by atoms with Gasteiger partial charge in [0.1, 0.15) is 0 Å². The van der Waals surface area contributed by atoms with Crippen molar-refractivity contribution < 1.29 is 8.42 Å². The first-order valence-corrected chi connectivity index (χ1v) is 8.82. The third-order valence-electron chi connectivity index (χ3n) is 3.94. The third-order valence-corrected chi connectivity index (χ3v) is 5.61. The molecule has 1 saturated carbocycles. The number of aromatic nitrogens is 2. The van der Waals surface area contributed by atoms with Gasteiger partial charge in [0.2, 0.25) is 0 Å². The van der Waals surface area contributed by atoms with Gasteiger partial charge < -0.3 is 5.73 Å². The second-order valence-electron chi connectivity index (χ2n) is 5.55. The molecule has 0 amide bonds. The van der Waals surface area contributed by atoms with Crippen LogP contribution < -0.4 is 5.73 Å². The van der Waals surface area contributed by atoms with Crippen LogP contribution in [0.15, 0.2) is 41.4 Å². The molecule has 1 aromatic carbocycles. The maximum atomic E-state index is 12.4. The second kappa shape index (κ2) is 5.52. The smallest absolute Gasteiger partial charge is 0.184 e. The lowest BCUT2D eigenvalue weighted by molar-refractivity contribution is 0.464. The molecule has 1 aliphatic carbocycles. The van der Waals surface area contributed by atoms with Crippen LogP contribution in [-0.2, 0) is 15.6 Å². The molecule has 0 atom stereocenters. The minimum atomic E-state index is -3.37. The zero-order valence-electron chi connectivity index (χ0n) is 11.8. The summed E-state index contributed by atoms with van der Waals surface area (Å²) in [5, 5.41) is 4.43. The van der Waals surface area contributed by atoms with Crippen molar-refractivity contribution in [3.05, 3.63) is 42.2 Å². The zero-order chi connectivity index (χ0) is 14.9. The van der Waals surface area contributed by atoms with E-state index in [1.54, 1.807) is 30.3 Å². The first-order chi connectivity index (χ1) is 10.0. The number of nitrogen functional groups attached to an aromatic ring is 1. The number of hydrogen-bond acceptors (Lipinski definition) is 4. The van der Waals surface area contributed by atoms with Crippen LogP contribution in [0.1, 0.15) is 37.4 Å². The van der Waals surface area contributed by atoms with E-state index in [1.807, 2.05) is 10.9 Å². The van der Waals surface area contributed by atoms with E-state index >= 15 is 0 Å². The molecule has 0 unspecified atom stereocenters. The first-order valence-electron chi connectivity index (χ1n) is 7.17. The first kappa shape index (κ1) is 14.1. The number of sulfone groups is 1. The highest BCUT2D eigenvalue weighted by Gasteiger charge is 2.20. The number of benzene rings is 1. The SMILES string of the molecule is Nc1ccc(S(=O)(=O)Cc2ccn(C3CCCC3)n2)cc1. The Bertz CT molecular complexity index is 714. The van der Waals surface area contributed by atoms with Gasteiger partial charge in [-0.15, -0.1) is 0 Å². The maximum absolute atomic E-state index is 12.4. The summed E-state index contributed by atoms with van der Waals surface area (Å²) < 4.78 is 26.6. The molecule has 6 heteroatoms. The third kappa shape index (κ3) is 3.10. The lowest BCUT2D eigenvalue weighted by Crippen LogP contribution is -2.09. The van der Waals surface area contributed by atoms with Crippen LogP contribution in [0, 0.1) is 0 Å². The molecule has 2 aromatic rings. The highest BCUT2D eigenvalue weighted by atomic mass is 32.2. The van der Waals surface area contributed by atoms with Crippen molar-refractivity contribution in [1.82, 2.24) is 9.78 Å². The minimum Gasteiger partial charge on any atom is -0.399 e. The van der Waals surface area contributed by atoms with Gasteiger partial charge in [-0.2, -0.15) is 5.10 Å². The van der Waals surface area contributed by atoms with Crippen molar-refractivity contribution in [1.29, 1.82) is 0 Å². The fourth-order valence-corrected chi connectivity index (χ4v) is 4.04. The number of rotatable bonds is 4. The normalized spacial score (nSPS) is 16.4. The Kier molecular flexibility index (Phi) is 3.71. The van der Waals surface area contributed by atoms with Crippen LogP contribution in [0.2, 0.25) is 0 Å². The molecule has 0 radical (unpaired) electrons. The van der Waals surface area contributed by atoms with Crippen molar-refractivity contribution >= 4 is 15.5 Å². The Morgan fingerprint density at radius 3 is 2.48 bits per heavy atom. The van der Waals surface area contributed by atoms with E-state index < -0.39 is 9.84 Å². The van der Waals surface area contributed by atoms with E-state index in [0.717, 1.165) is 12.8 Å². The number of anilines is 1. The summed E-state index contributed by atoms with van der Waals surface area (Å²) in [5.41, 5.74) is 6.74. The van der Waals surface area contributed by atoms with Gasteiger partial charge >= 0.3 is 0 Å². The van der Waals surface area contributed by atoms with E-state index in [0.29, 0.717) is 17.4 Å². The molecule has 1 aromatic heterocycles. The predicted molar refractivity (Wildman–Crippen MR) is 81.5 cm³/mol. The Balaban J connectivity index is 1.77.